The number of amides is 3. The number of rotatable bonds is 7. The molecule has 5 N–H and O–H groups in total. The fourth-order valence-electron chi connectivity index (χ4n) is 2.01. The molecule has 1 unspecified atom stereocenters. The highest BCUT2D eigenvalue weighted by atomic mass is 35.5. The molecule has 0 saturated carbocycles. The molecule has 0 aliphatic rings. The van der Waals surface area contributed by atoms with E-state index >= 15 is 0 Å². The Bertz CT molecular complexity index is 479. The van der Waals surface area contributed by atoms with E-state index in [2.05, 4.69) is 5.32 Å². The van der Waals surface area contributed by atoms with Crippen LogP contribution in [0, 0.1) is 5.41 Å². The Morgan fingerprint density at radius 2 is 2.09 bits per heavy atom. The first-order chi connectivity index (χ1) is 9.75. The van der Waals surface area contributed by atoms with Crippen LogP contribution in [0.15, 0.2) is 17.5 Å². The van der Waals surface area contributed by atoms with Crippen molar-refractivity contribution < 1.29 is 9.59 Å². The van der Waals surface area contributed by atoms with Crippen LogP contribution >= 0.6 is 23.7 Å². The lowest BCUT2D eigenvalue weighted by Gasteiger charge is -2.30. The Hall–Kier alpha value is -1.31. The maximum Gasteiger partial charge on any atom is 0.312 e. The van der Waals surface area contributed by atoms with Crippen LogP contribution in [0.3, 0.4) is 0 Å². The molecule has 8 heteroatoms. The molecule has 22 heavy (non-hydrogen) atoms. The van der Waals surface area contributed by atoms with Gasteiger partial charge in [-0.25, -0.2) is 4.79 Å². The van der Waals surface area contributed by atoms with Crippen molar-refractivity contribution in [3.05, 3.63) is 22.4 Å². The van der Waals surface area contributed by atoms with E-state index in [1.807, 2.05) is 31.4 Å². The molecule has 1 heterocycles. The lowest BCUT2D eigenvalue weighted by atomic mass is 9.93. The van der Waals surface area contributed by atoms with Gasteiger partial charge < -0.3 is 21.7 Å². The van der Waals surface area contributed by atoms with E-state index in [0.717, 1.165) is 4.88 Å². The number of nitrogens with two attached hydrogens (primary N) is 2. The van der Waals surface area contributed by atoms with Gasteiger partial charge >= 0.3 is 6.03 Å². The summed E-state index contributed by atoms with van der Waals surface area (Å²) in [5, 5.41) is 4.52. The number of hydrogen-bond donors (Lipinski definition) is 3. The number of primary amides is 1. The summed E-state index contributed by atoms with van der Waals surface area (Å²) in [7, 11) is 1.75. The predicted octanol–water partition coefficient (Wildman–Crippen LogP) is 1.71. The van der Waals surface area contributed by atoms with E-state index in [1.165, 1.54) is 11.3 Å². The first kappa shape index (κ1) is 20.7. The number of urea groups is 1. The van der Waals surface area contributed by atoms with Crippen LogP contribution in [0.1, 0.15) is 31.2 Å². The molecule has 126 valence electrons. The fourth-order valence-corrected chi connectivity index (χ4v) is 2.79. The van der Waals surface area contributed by atoms with Gasteiger partial charge in [0.25, 0.3) is 0 Å². The minimum absolute atomic E-state index is 0. The first-order valence-electron chi connectivity index (χ1n) is 6.78. The molecule has 3 amide bonds. The van der Waals surface area contributed by atoms with Gasteiger partial charge in [0.15, 0.2) is 0 Å². The standard InChI is InChI=1S/C14H24N4O2S.ClH/c1-14(2,8-15)9-18(3)12(19)7-10(17-13(16)20)11-5-4-6-21-11;/h4-6,10H,7-9,15H2,1-3H3,(H3,16,17,20);1H. The van der Waals surface area contributed by atoms with E-state index < -0.39 is 12.1 Å². The van der Waals surface area contributed by atoms with Crippen LogP contribution in [-0.2, 0) is 4.79 Å². The quantitative estimate of drug-likeness (QED) is 0.699. The van der Waals surface area contributed by atoms with Gasteiger partial charge in [0.2, 0.25) is 5.91 Å². The number of nitrogens with zero attached hydrogens (tertiary/aromatic N) is 1. The van der Waals surface area contributed by atoms with E-state index in [4.69, 9.17) is 11.5 Å². The summed E-state index contributed by atoms with van der Waals surface area (Å²) >= 11 is 1.48. The Morgan fingerprint density at radius 1 is 1.45 bits per heavy atom. The van der Waals surface area contributed by atoms with Gasteiger partial charge in [-0.15, -0.1) is 23.7 Å². The molecule has 0 fully saturated rings. The zero-order valence-corrected chi connectivity index (χ0v) is 14.8. The summed E-state index contributed by atoms with van der Waals surface area (Å²) in [5.74, 6) is -0.0522. The lowest BCUT2D eigenvalue weighted by Crippen LogP contribution is -2.42. The minimum atomic E-state index is -0.633. The van der Waals surface area contributed by atoms with E-state index in [-0.39, 0.29) is 30.2 Å². The van der Waals surface area contributed by atoms with Crippen LogP contribution in [0.4, 0.5) is 4.79 Å². The minimum Gasteiger partial charge on any atom is -0.352 e. The Labute approximate surface area is 141 Å². The highest BCUT2D eigenvalue weighted by Crippen LogP contribution is 2.23. The molecule has 0 bridgehead atoms. The number of halogens is 1. The topological polar surface area (TPSA) is 101 Å². The van der Waals surface area contributed by atoms with Gasteiger partial charge in [0, 0.05) is 18.5 Å². The molecule has 0 saturated heterocycles. The molecule has 0 aliphatic heterocycles. The van der Waals surface area contributed by atoms with Crippen molar-refractivity contribution in [2.24, 2.45) is 16.9 Å². The lowest BCUT2D eigenvalue weighted by molar-refractivity contribution is -0.131. The van der Waals surface area contributed by atoms with Crippen molar-refractivity contribution in [2.75, 3.05) is 20.1 Å². The molecular formula is C14H25ClN4O2S. The number of carbonyl (C=O) groups excluding carboxylic acids is 2. The average molecular weight is 349 g/mol. The Balaban J connectivity index is 0.00000441. The van der Waals surface area contributed by atoms with Crippen LogP contribution in [0.5, 0.6) is 0 Å². The highest BCUT2D eigenvalue weighted by molar-refractivity contribution is 7.10. The Kier molecular flexibility index (Phi) is 8.44. The van der Waals surface area contributed by atoms with Gasteiger partial charge in [-0.1, -0.05) is 19.9 Å². The van der Waals surface area contributed by atoms with E-state index in [1.54, 1.807) is 11.9 Å². The third-order valence-corrected chi connectivity index (χ3v) is 4.21. The molecule has 1 aromatic heterocycles. The van der Waals surface area contributed by atoms with Crippen molar-refractivity contribution in [1.82, 2.24) is 10.2 Å². The van der Waals surface area contributed by atoms with Crippen molar-refractivity contribution in [2.45, 2.75) is 26.3 Å². The van der Waals surface area contributed by atoms with Crippen LogP contribution in [0.2, 0.25) is 0 Å². The SMILES string of the molecule is CN(CC(C)(C)CN)C(=O)CC(NC(N)=O)c1cccs1.Cl. The predicted molar refractivity (Wildman–Crippen MR) is 92.1 cm³/mol. The van der Waals surface area contributed by atoms with E-state index in [9.17, 15) is 9.59 Å². The van der Waals surface area contributed by atoms with Crippen LogP contribution < -0.4 is 16.8 Å². The van der Waals surface area contributed by atoms with Crippen molar-refractivity contribution >= 4 is 35.7 Å². The third kappa shape index (κ3) is 6.64. The van der Waals surface area contributed by atoms with Crippen molar-refractivity contribution in [3.63, 3.8) is 0 Å². The molecule has 1 rings (SSSR count). The van der Waals surface area contributed by atoms with Gasteiger partial charge in [-0.3, -0.25) is 4.79 Å². The van der Waals surface area contributed by atoms with Crippen molar-refractivity contribution in [1.29, 1.82) is 0 Å². The first-order valence-corrected chi connectivity index (χ1v) is 7.66. The second-order valence-electron chi connectivity index (χ2n) is 5.90. The summed E-state index contributed by atoms with van der Waals surface area (Å²) < 4.78 is 0. The van der Waals surface area contributed by atoms with Gasteiger partial charge in [0.05, 0.1) is 12.5 Å². The molecule has 0 radical (unpaired) electrons. The molecular weight excluding hydrogens is 324 g/mol. The van der Waals surface area contributed by atoms with Gasteiger partial charge in [-0.2, -0.15) is 0 Å². The summed E-state index contributed by atoms with van der Waals surface area (Å²) in [6.07, 6.45) is 0.181. The number of thiophene rings is 1. The smallest absolute Gasteiger partial charge is 0.312 e. The normalized spacial score (nSPS) is 12.2. The van der Waals surface area contributed by atoms with Gasteiger partial charge in [0.1, 0.15) is 0 Å². The molecule has 1 aromatic rings. The maximum absolute atomic E-state index is 12.3. The zero-order chi connectivity index (χ0) is 16.0. The maximum atomic E-state index is 12.3. The fraction of sp³-hybridized carbons (Fsp3) is 0.571. The van der Waals surface area contributed by atoms with Crippen molar-refractivity contribution in [3.8, 4) is 0 Å². The molecule has 6 nitrogen and oxygen atoms in total. The number of hydrogen-bond acceptors (Lipinski definition) is 4. The Morgan fingerprint density at radius 3 is 2.55 bits per heavy atom. The second-order valence-corrected chi connectivity index (χ2v) is 6.88. The average Bonchev–Trinajstić information content (AvgIpc) is 2.90. The van der Waals surface area contributed by atoms with Gasteiger partial charge in [-0.05, 0) is 23.4 Å². The third-order valence-electron chi connectivity index (χ3n) is 3.23. The summed E-state index contributed by atoms with van der Waals surface area (Å²) in [6, 6.07) is 2.73. The highest BCUT2D eigenvalue weighted by Gasteiger charge is 2.24. The number of carbonyl (C=O) groups is 2. The van der Waals surface area contributed by atoms with Crippen LogP contribution in [-0.4, -0.2) is 37.0 Å². The monoisotopic (exact) mass is 348 g/mol. The van der Waals surface area contributed by atoms with Crippen LogP contribution in [0.25, 0.3) is 0 Å². The summed E-state index contributed by atoms with van der Waals surface area (Å²) in [4.78, 5) is 26.0. The molecule has 0 aromatic carbocycles. The number of nitrogens with one attached hydrogen (secondary N) is 1. The summed E-state index contributed by atoms with van der Waals surface area (Å²) in [5.41, 5.74) is 10.7. The summed E-state index contributed by atoms with van der Waals surface area (Å²) in [6.45, 7) is 5.08. The molecule has 0 spiro atoms. The zero-order valence-electron chi connectivity index (χ0n) is 13.2. The molecule has 1 atom stereocenters. The van der Waals surface area contributed by atoms with E-state index in [0.29, 0.717) is 13.1 Å². The second kappa shape index (κ2) is 8.97. The molecule has 0 aliphatic carbocycles. The largest absolute Gasteiger partial charge is 0.352 e.